The normalized spacial score (nSPS) is 17.5. The number of halogens is 2. The van der Waals surface area contributed by atoms with E-state index in [1.165, 1.54) is 23.6 Å². The van der Waals surface area contributed by atoms with Gasteiger partial charge in [0.1, 0.15) is 0 Å². The number of nitrogens with one attached hydrogen (secondary N) is 1. The van der Waals surface area contributed by atoms with E-state index in [-0.39, 0.29) is 12.5 Å². The van der Waals surface area contributed by atoms with Crippen molar-refractivity contribution in [3.8, 4) is 0 Å². The monoisotopic (exact) mass is 511 g/mol. The lowest BCUT2D eigenvalue weighted by Gasteiger charge is -2.33. The Morgan fingerprint density at radius 1 is 1.21 bits per heavy atom. The van der Waals surface area contributed by atoms with Gasteiger partial charge in [-0.25, -0.2) is 4.21 Å². The molecule has 0 saturated carbocycles. The molecule has 9 heteroatoms. The minimum atomic E-state index is -2.22. The van der Waals surface area contributed by atoms with Crippen LogP contribution in [0, 0.1) is 0 Å². The molecule has 0 radical (unpaired) electrons. The fourth-order valence-corrected chi connectivity index (χ4v) is 5.08. The van der Waals surface area contributed by atoms with Crippen LogP contribution in [0.15, 0.2) is 42.5 Å². The number of hydrogen-bond acceptors (Lipinski definition) is 3. The largest absolute Gasteiger partial charge is 0.352 e. The van der Waals surface area contributed by atoms with Crippen LogP contribution in [0.4, 0.5) is 5.69 Å². The van der Waals surface area contributed by atoms with Gasteiger partial charge in [-0.1, -0.05) is 41.8 Å². The first-order chi connectivity index (χ1) is 15.9. The lowest BCUT2D eigenvalue weighted by molar-refractivity contribution is 0.0949. The van der Waals surface area contributed by atoms with Crippen LogP contribution in [0.2, 0.25) is 10.0 Å². The summed E-state index contributed by atoms with van der Waals surface area (Å²) in [5.41, 5.74) is 1.87. The Morgan fingerprint density at radius 2 is 1.97 bits per heavy atom. The summed E-state index contributed by atoms with van der Waals surface area (Å²) in [5.74, 6) is -0.143. The second-order valence-corrected chi connectivity index (χ2v) is 10.0. The van der Waals surface area contributed by atoms with Gasteiger partial charge in [-0.15, -0.1) is 0 Å². The van der Waals surface area contributed by atoms with Crippen molar-refractivity contribution in [3.05, 3.63) is 63.6 Å². The molecule has 180 valence electrons. The molecule has 1 amide bonds. The highest BCUT2D eigenvalue weighted by Gasteiger charge is 2.18. The van der Waals surface area contributed by atoms with E-state index < -0.39 is 11.3 Å². The van der Waals surface area contributed by atoms with E-state index in [2.05, 4.69) is 17.1 Å². The standard InChI is InChI=1S/C24H31Cl2N3O3S/c1-18-6-2-3-15-28(18)16-5-14-27-24(30)20-9-11-21(12-10-20)29(33(31)32)17-13-19-7-4-8-22(25)23(19)26/h4,7-12,18H,2-3,5-6,13-17H2,1H3,(H,27,30)(H,31,32). The summed E-state index contributed by atoms with van der Waals surface area (Å²) < 4.78 is 23.0. The molecule has 1 saturated heterocycles. The van der Waals surface area contributed by atoms with Crippen LogP contribution in [0.1, 0.15) is 48.5 Å². The van der Waals surface area contributed by atoms with Gasteiger partial charge in [-0.05, 0) is 75.0 Å². The zero-order valence-corrected chi connectivity index (χ0v) is 21.1. The summed E-state index contributed by atoms with van der Waals surface area (Å²) in [6.07, 6.45) is 5.17. The van der Waals surface area contributed by atoms with E-state index >= 15 is 0 Å². The number of carbonyl (C=O) groups excluding carboxylic acids is 1. The third-order valence-electron chi connectivity index (χ3n) is 6.07. The molecule has 2 atom stereocenters. The number of rotatable bonds is 10. The number of amides is 1. The van der Waals surface area contributed by atoms with Gasteiger partial charge in [-0.3, -0.25) is 13.7 Å². The molecule has 6 nitrogen and oxygen atoms in total. The zero-order chi connectivity index (χ0) is 23.8. The molecule has 33 heavy (non-hydrogen) atoms. The number of nitrogens with zero attached hydrogens (tertiary/aromatic N) is 2. The Balaban J connectivity index is 1.51. The van der Waals surface area contributed by atoms with Crippen LogP contribution >= 0.6 is 23.2 Å². The molecule has 2 aromatic rings. The molecule has 0 spiro atoms. The molecular weight excluding hydrogens is 481 g/mol. The molecule has 2 unspecified atom stereocenters. The van der Waals surface area contributed by atoms with Crippen LogP contribution in [-0.4, -0.2) is 51.8 Å². The van der Waals surface area contributed by atoms with Crippen molar-refractivity contribution in [2.24, 2.45) is 0 Å². The fourth-order valence-electron chi connectivity index (χ4n) is 4.12. The number of anilines is 1. The first-order valence-corrected chi connectivity index (χ1v) is 13.1. The SMILES string of the molecule is CC1CCCCN1CCCNC(=O)c1ccc(N(CCc2cccc(Cl)c2Cl)S(=O)O)cc1. The van der Waals surface area contributed by atoms with Gasteiger partial charge in [0.15, 0.2) is 0 Å². The van der Waals surface area contributed by atoms with Crippen molar-refractivity contribution < 1.29 is 13.6 Å². The molecule has 1 aliphatic rings. The summed E-state index contributed by atoms with van der Waals surface area (Å²) in [5, 5.41) is 3.87. The third kappa shape index (κ3) is 7.42. The van der Waals surface area contributed by atoms with Gasteiger partial charge < -0.3 is 10.2 Å². The average molecular weight is 513 g/mol. The first kappa shape index (κ1) is 26.0. The predicted octanol–water partition coefficient (Wildman–Crippen LogP) is 5.17. The zero-order valence-electron chi connectivity index (χ0n) is 18.8. The van der Waals surface area contributed by atoms with Crippen LogP contribution in [0.25, 0.3) is 0 Å². The highest BCUT2D eigenvalue weighted by Crippen LogP contribution is 2.27. The molecule has 2 N–H and O–H groups in total. The molecular formula is C24H31Cl2N3O3S. The minimum Gasteiger partial charge on any atom is -0.352 e. The molecule has 0 bridgehead atoms. The average Bonchev–Trinajstić information content (AvgIpc) is 2.80. The molecule has 0 aliphatic carbocycles. The number of piperidine rings is 1. The second kappa shape index (κ2) is 12.7. The van der Waals surface area contributed by atoms with Gasteiger partial charge in [0, 0.05) is 31.2 Å². The van der Waals surface area contributed by atoms with Gasteiger partial charge in [0.05, 0.1) is 15.7 Å². The number of likely N-dealkylation sites (tertiary alicyclic amines) is 1. The van der Waals surface area contributed by atoms with Crippen molar-refractivity contribution in [2.45, 2.75) is 45.1 Å². The van der Waals surface area contributed by atoms with Crippen molar-refractivity contribution in [1.29, 1.82) is 0 Å². The summed E-state index contributed by atoms with van der Waals surface area (Å²) in [6.45, 7) is 5.29. The third-order valence-corrected chi connectivity index (χ3v) is 7.70. The first-order valence-electron chi connectivity index (χ1n) is 11.3. The lowest BCUT2D eigenvalue weighted by Crippen LogP contribution is -2.39. The van der Waals surface area contributed by atoms with E-state index in [0.29, 0.717) is 40.3 Å². The summed E-state index contributed by atoms with van der Waals surface area (Å²) in [4.78, 5) is 15.0. The van der Waals surface area contributed by atoms with Crippen LogP contribution in [-0.2, 0) is 17.7 Å². The Morgan fingerprint density at radius 3 is 2.67 bits per heavy atom. The van der Waals surface area contributed by atoms with E-state index in [1.807, 2.05) is 6.07 Å². The van der Waals surface area contributed by atoms with E-state index in [9.17, 15) is 13.6 Å². The highest BCUT2D eigenvalue weighted by molar-refractivity contribution is 7.80. The topological polar surface area (TPSA) is 72.9 Å². The quantitative estimate of drug-likeness (QED) is 0.340. The lowest BCUT2D eigenvalue weighted by atomic mass is 10.0. The van der Waals surface area contributed by atoms with E-state index in [0.717, 1.165) is 25.1 Å². The molecule has 1 fully saturated rings. The molecule has 3 rings (SSSR count). The van der Waals surface area contributed by atoms with Crippen LogP contribution in [0.3, 0.4) is 0 Å². The maximum Gasteiger partial charge on any atom is 0.261 e. The minimum absolute atomic E-state index is 0.143. The Kier molecular flexibility index (Phi) is 10.0. The highest BCUT2D eigenvalue weighted by atomic mass is 35.5. The van der Waals surface area contributed by atoms with Crippen molar-refractivity contribution >= 4 is 46.1 Å². The summed E-state index contributed by atoms with van der Waals surface area (Å²) in [6, 6.07) is 12.7. The number of hydrogen-bond donors (Lipinski definition) is 2. The molecule has 0 aromatic heterocycles. The molecule has 1 aliphatic heterocycles. The van der Waals surface area contributed by atoms with Gasteiger partial charge in [0.25, 0.3) is 17.2 Å². The number of benzene rings is 2. The number of carbonyl (C=O) groups is 1. The second-order valence-electron chi connectivity index (χ2n) is 8.33. The van der Waals surface area contributed by atoms with E-state index in [4.69, 9.17) is 23.2 Å². The van der Waals surface area contributed by atoms with E-state index in [1.54, 1.807) is 36.4 Å². The Hall–Kier alpha value is -1.64. The van der Waals surface area contributed by atoms with Crippen LogP contribution < -0.4 is 9.62 Å². The molecule has 1 heterocycles. The maximum absolute atomic E-state index is 12.5. The van der Waals surface area contributed by atoms with Crippen molar-refractivity contribution in [3.63, 3.8) is 0 Å². The van der Waals surface area contributed by atoms with Crippen molar-refractivity contribution in [1.82, 2.24) is 10.2 Å². The maximum atomic E-state index is 12.5. The summed E-state index contributed by atoms with van der Waals surface area (Å²) >= 11 is 10.1. The van der Waals surface area contributed by atoms with Crippen molar-refractivity contribution in [2.75, 3.05) is 30.5 Å². The van der Waals surface area contributed by atoms with Gasteiger partial charge >= 0.3 is 0 Å². The Bertz CT molecular complexity index is 958. The smallest absolute Gasteiger partial charge is 0.261 e. The Labute approximate surface area is 208 Å². The van der Waals surface area contributed by atoms with Gasteiger partial charge in [-0.2, -0.15) is 0 Å². The predicted molar refractivity (Wildman–Crippen MR) is 137 cm³/mol. The summed E-state index contributed by atoms with van der Waals surface area (Å²) in [7, 11) is 0. The fraction of sp³-hybridized carbons (Fsp3) is 0.458. The van der Waals surface area contributed by atoms with Crippen LogP contribution in [0.5, 0.6) is 0 Å². The molecule has 2 aromatic carbocycles. The van der Waals surface area contributed by atoms with Gasteiger partial charge in [0.2, 0.25) is 0 Å².